The Morgan fingerprint density at radius 1 is 1.41 bits per heavy atom. The molecule has 1 N–H and O–H groups in total. The van der Waals surface area contributed by atoms with Gasteiger partial charge in [-0.15, -0.1) is 0 Å². The first-order chi connectivity index (χ1) is 7.95. The number of benzene rings is 1. The Kier molecular flexibility index (Phi) is 3.21. The van der Waals surface area contributed by atoms with Crippen molar-refractivity contribution in [1.29, 1.82) is 0 Å². The fourth-order valence-electron chi connectivity index (χ4n) is 2.58. The molecular weight excluding hydrogens is 220 g/mol. The summed E-state index contributed by atoms with van der Waals surface area (Å²) >= 11 is 0. The van der Waals surface area contributed by atoms with Crippen LogP contribution in [0.25, 0.3) is 0 Å². The lowest BCUT2D eigenvalue weighted by molar-refractivity contribution is 0.415. The van der Waals surface area contributed by atoms with E-state index < -0.39 is 11.6 Å². The quantitative estimate of drug-likeness (QED) is 0.851. The van der Waals surface area contributed by atoms with Crippen molar-refractivity contribution in [3.05, 3.63) is 35.4 Å². The lowest BCUT2D eigenvalue weighted by Crippen LogP contribution is -2.31. The molecule has 1 aromatic carbocycles. The predicted octanol–water partition coefficient (Wildman–Crippen LogP) is 3.14. The van der Waals surface area contributed by atoms with Crippen LogP contribution in [0.4, 0.5) is 8.78 Å². The first-order valence-electron chi connectivity index (χ1n) is 6.06. The van der Waals surface area contributed by atoms with E-state index in [0.717, 1.165) is 12.5 Å². The smallest absolute Gasteiger partial charge is 0.162 e. The molecule has 94 valence electrons. The predicted molar refractivity (Wildman–Crippen MR) is 64.8 cm³/mol. The molecule has 1 nitrogen and oxygen atoms in total. The van der Waals surface area contributed by atoms with Crippen molar-refractivity contribution in [3.8, 4) is 0 Å². The van der Waals surface area contributed by atoms with Crippen molar-refractivity contribution < 1.29 is 8.78 Å². The normalized spacial score (nSPS) is 23.5. The number of halogens is 2. The van der Waals surface area contributed by atoms with Crippen molar-refractivity contribution in [3.63, 3.8) is 0 Å². The molecule has 1 aliphatic carbocycles. The highest BCUT2D eigenvalue weighted by Crippen LogP contribution is 2.54. The van der Waals surface area contributed by atoms with Crippen LogP contribution < -0.4 is 5.32 Å². The van der Waals surface area contributed by atoms with E-state index in [1.807, 2.05) is 7.05 Å². The first kappa shape index (κ1) is 12.5. The van der Waals surface area contributed by atoms with Crippen LogP contribution in [0, 0.1) is 23.0 Å². The van der Waals surface area contributed by atoms with E-state index in [0.29, 0.717) is 23.3 Å². The summed E-state index contributed by atoms with van der Waals surface area (Å²) in [4.78, 5) is 0. The van der Waals surface area contributed by atoms with Crippen molar-refractivity contribution >= 4 is 0 Å². The van der Waals surface area contributed by atoms with E-state index in [2.05, 4.69) is 19.2 Å². The largest absolute Gasteiger partial charge is 0.316 e. The van der Waals surface area contributed by atoms with Gasteiger partial charge in [-0.3, -0.25) is 0 Å². The lowest BCUT2D eigenvalue weighted by Gasteiger charge is -2.18. The van der Waals surface area contributed by atoms with Crippen LogP contribution in [0.2, 0.25) is 0 Å². The SMILES string of the molecule is CNC(Cc1cccc(F)c1F)C1CC1(C)C. The molecule has 3 heteroatoms. The third kappa shape index (κ3) is 2.49. The van der Waals surface area contributed by atoms with Crippen molar-refractivity contribution in [2.45, 2.75) is 32.7 Å². The maximum absolute atomic E-state index is 13.6. The minimum atomic E-state index is -0.757. The Labute approximate surface area is 101 Å². The molecule has 0 bridgehead atoms. The maximum Gasteiger partial charge on any atom is 0.162 e. The second kappa shape index (κ2) is 4.37. The molecule has 2 rings (SSSR count). The average Bonchev–Trinajstić information content (AvgIpc) is 2.90. The molecule has 1 aliphatic rings. The van der Waals surface area contributed by atoms with Gasteiger partial charge >= 0.3 is 0 Å². The molecule has 2 atom stereocenters. The van der Waals surface area contributed by atoms with Crippen LogP contribution in [-0.2, 0) is 6.42 Å². The Balaban J connectivity index is 2.11. The standard InChI is InChI=1S/C14H19F2N/c1-14(2)8-10(14)12(17-3)7-9-5-4-6-11(15)13(9)16/h4-6,10,12,17H,7-8H2,1-3H3. The van der Waals surface area contributed by atoms with Gasteiger partial charge in [-0.2, -0.15) is 0 Å². The van der Waals surface area contributed by atoms with Gasteiger partial charge in [0.15, 0.2) is 11.6 Å². The molecule has 0 saturated heterocycles. The van der Waals surface area contributed by atoms with Crippen LogP contribution in [0.5, 0.6) is 0 Å². The molecule has 2 unspecified atom stereocenters. The molecule has 0 spiro atoms. The highest BCUT2D eigenvalue weighted by atomic mass is 19.2. The van der Waals surface area contributed by atoms with E-state index in [-0.39, 0.29) is 6.04 Å². The molecule has 1 fully saturated rings. The summed E-state index contributed by atoms with van der Waals surface area (Å²) in [5, 5.41) is 3.23. The summed E-state index contributed by atoms with van der Waals surface area (Å²) in [6.45, 7) is 4.42. The second-order valence-electron chi connectivity index (χ2n) is 5.61. The minimum Gasteiger partial charge on any atom is -0.316 e. The van der Waals surface area contributed by atoms with Crippen molar-refractivity contribution in [2.24, 2.45) is 11.3 Å². The molecule has 0 amide bonds. The zero-order valence-electron chi connectivity index (χ0n) is 10.6. The van der Waals surface area contributed by atoms with Crippen LogP contribution in [0.15, 0.2) is 18.2 Å². The number of rotatable bonds is 4. The molecule has 0 heterocycles. The van der Waals surface area contributed by atoms with E-state index in [9.17, 15) is 8.78 Å². The Hall–Kier alpha value is -0.960. The molecule has 0 aliphatic heterocycles. The van der Waals surface area contributed by atoms with Crippen LogP contribution in [-0.4, -0.2) is 13.1 Å². The Morgan fingerprint density at radius 2 is 2.06 bits per heavy atom. The number of nitrogens with one attached hydrogen (secondary N) is 1. The lowest BCUT2D eigenvalue weighted by atomic mass is 9.97. The fourth-order valence-corrected chi connectivity index (χ4v) is 2.58. The molecule has 0 radical (unpaired) electrons. The van der Waals surface area contributed by atoms with E-state index in [1.165, 1.54) is 0 Å². The van der Waals surface area contributed by atoms with Crippen LogP contribution in [0.1, 0.15) is 25.8 Å². The molecular formula is C14H19F2N. The highest BCUT2D eigenvalue weighted by Gasteiger charge is 2.49. The Bertz CT molecular complexity index is 415. The summed E-state index contributed by atoms with van der Waals surface area (Å²) in [6.07, 6.45) is 1.70. The summed E-state index contributed by atoms with van der Waals surface area (Å²) in [5.74, 6) is -0.909. The van der Waals surface area contributed by atoms with Gasteiger partial charge in [-0.1, -0.05) is 26.0 Å². The van der Waals surface area contributed by atoms with Gasteiger partial charge in [-0.25, -0.2) is 8.78 Å². The summed E-state index contributed by atoms with van der Waals surface area (Å²) in [6, 6.07) is 4.62. The van der Waals surface area contributed by atoms with Gasteiger partial charge in [0.25, 0.3) is 0 Å². The van der Waals surface area contributed by atoms with Gasteiger partial charge in [0.05, 0.1) is 0 Å². The summed E-state index contributed by atoms with van der Waals surface area (Å²) < 4.78 is 26.7. The van der Waals surface area contributed by atoms with Gasteiger partial charge in [0.1, 0.15) is 0 Å². The zero-order chi connectivity index (χ0) is 12.6. The van der Waals surface area contributed by atoms with Crippen molar-refractivity contribution in [2.75, 3.05) is 7.05 Å². The third-order valence-corrected chi connectivity index (χ3v) is 3.92. The van der Waals surface area contributed by atoms with Gasteiger partial charge in [0.2, 0.25) is 0 Å². The van der Waals surface area contributed by atoms with Gasteiger partial charge in [-0.05, 0) is 42.9 Å². The molecule has 1 saturated carbocycles. The van der Waals surface area contributed by atoms with E-state index in [1.54, 1.807) is 12.1 Å². The topological polar surface area (TPSA) is 12.0 Å². The minimum absolute atomic E-state index is 0.223. The maximum atomic E-state index is 13.6. The number of likely N-dealkylation sites (N-methyl/N-ethyl adjacent to an activating group) is 1. The summed E-state index contributed by atoms with van der Waals surface area (Å²) in [5.41, 5.74) is 0.796. The number of hydrogen-bond acceptors (Lipinski definition) is 1. The Morgan fingerprint density at radius 3 is 2.59 bits per heavy atom. The van der Waals surface area contributed by atoms with Gasteiger partial charge in [0, 0.05) is 6.04 Å². The van der Waals surface area contributed by atoms with Crippen molar-refractivity contribution in [1.82, 2.24) is 5.32 Å². The number of hydrogen-bond donors (Lipinski definition) is 1. The third-order valence-electron chi connectivity index (χ3n) is 3.92. The highest BCUT2D eigenvalue weighted by molar-refractivity contribution is 5.21. The first-order valence-corrected chi connectivity index (χ1v) is 6.06. The summed E-state index contributed by atoms with van der Waals surface area (Å²) in [7, 11) is 1.89. The fraction of sp³-hybridized carbons (Fsp3) is 0.571. The second-order valence-corrected chi connectivity index (χ2v) is 5.61. The van der Waals surface area contributed by atoms with Gasteiger partial charge < -0.3 is 5.32 Å². The molecule has 1 aromatic rings. The van der Waals surface area contributed by atoms with Crippen LogP contribution in [0.3, 0.4) is 0 Å². The monoisotopic (exact) mass is 239 g/mol. The van der Waals surface area contributed by atoms with E-state index >= 15 is 0 Å². The average molecular weight is 239 g/mol. The zero-order valence-corrected chi connectivity index (χ0v) is 10.6. The van der Waals surface area contributed by atoms with Crippen LogP contribution >= 0.6 is 0 Å². The van der Waals surface area contributed by atoms with E-state index in [4.69, 9.17) is 0 Å². The molecule has 17 heavy (non-hydrogen) atoms. The molecule has 0 aromatic heterocycles.